The van der Waals surface area contributed by atoms with E-state index in [1.807, 2.05) is 45.0 Å². The molecule has 2 N–H and O–H groups in total. The van der Waals surface area contributed by atoms with Gasteiger partial charge in [-0.2, -0.15) is 5.10 Å². The van der Waals surface area contributed by atoms with Crippen LogP contribution >= 0.6 is 0 Å². The maximum atomic E-state index is 11.7. The Hall–Kier alpha value is -2.30. The average molecular weight is 287 g/mol. The van der Waals surface area contributed by atoms with E-state index in [4.69, 9.17) is 4.74 Å². The van der Waals surface area contributed by atoms with Crippen molar-refractivity contribution in [3.8, 4) is 5.75 Å². The molecule has 0 fully saturated rings. The van der Waals surface area contributed by atoms with Crippen molar-refractivity contribution in [3.63, 3.8) is 0 Å². The average Bonchev–Trinajstić information content (AvgIpc) is 2.77. The summed E-state index contributed by atoms with van der Waals surface area (Å²) in [5.41, 5.74) is 4.31. The molecule has 0 spiro atoms. The number of hydrogen-bond acceptors (Lipinski definition) is 3. The lowest BCUT2D eigenvalue weighted by atomic mass is 10.1. The molecule has 5 heteroatoms. The second-order valence-corrected chi connectivity index (χ2v) is 5.12. The van der Waals surface area contributed by atoms with Gasteiger partial charge >= 0.3 is 0 Å². The number of carbonyl (C=O) groups excluding carboxylic acids is 1. The summed E-state index contributed by atoms with van der Waals surface area (Å²) < 4.78 is 5.45. The number of rotatable bonds is 6. The van der Waals surface area contributed by atoms with E-state index in [2.05, 4.69) is 15.5 Å². The Morgan fingerprint density at radius 1 is 1.33 bits per heavy atom. The molecule has 0 atom stereocenters. The summed E-state index contributed by atoms with van der Waals surface area (Å²) in [6.45, 7) is 6.55. The van der Waals surface area contributed by atoms with Gasteiger partial charge in [0.25, 0.3) is 5.91 Å². The van der Waals surface area contributed by atoms with Crippen molar-refractivity contribution in [2.45, 2.75) is 27.2 Å². The number of aromatic amines is 1. The zero-order valence-electron chi connectivity index (χ0n) is 12.7. The number of hydrogen-bond donors (Lipinski definition) is 2. The lowest BCUT2D eigenvalue weighted by Gasteiger charge is -2.08. The molecule has 0 saturated heterocycles. The first-order chi connectivity index (χ1) is 10.1. The van der Waals surface area contributed by atoms with Gasteiger partial charge in [0, 0.05) is 12.2 Å². The smallest absolute Gasteiger partial charge is 0.257 e. The highest BCUT2D eigenvalue weighted by molar-refractivity contribution is 5.77. The molecular formula is C16H21N3O2. The Morgan fingerprint density at radius 2 is 2.14 bits per heavy atom. The predicted molar refractivity (Wildman–Crippen MR) is 81.4 cm³/mol. The fourth-order valence-electron chi connectivity index (χ4n) is 2.17. The van der Waals surface area contributed by atoms with E-state index in [-0.39, 0.29) is 12.5 Å². The van der Waals surface area contributed by atoms with E-state index in [0.29, 0.717) is 12.3 Å². The van der Waals surface area contributed by atoms with Crippen LogP contribution in [-0.4, -0.2) is 29.3 Å². The van der Waals surface area contributed by atoms with Crippen LogP contribution in [0.15, 0.2) is 24.3 Å². The van der Waals surface area contributed by atoms with Gasteiger partial charge in [-0.15, -0.1) is 0 Å². The minimum absolute atomic E-state index is 0.0345. The summed E-state index contributed by atoms with van der Waals surface area (Å²) in [7, 11) is 0. The summed E-state index contributed by atoms with van der Waals surface area (Å²) in [5, 5.41) is 9.93. The number of H-pyrrole nitrogens is 1. The third kappa shape index (κ3) is 4.34. The number of nitrogens with zero attached hydrogens (tertiary/aromatic N) is 1. The number of nitrogens with one attached hydrogen (secondary N) is 2. The van der Waals surface area contributed by atoms with Crippen LogP contribution in [0.5, 0.6) is 5.75 Å². The maximum absolute atomic E-state index is 11.7. The summed E-state index contributed by atoms with van der Waals surface area (Å²) in [6.07, 6.45) is 0.768. The Kier molecular flexibility index (Phi) is 4.98. The summed E-state index contributed by atoms with van der Waals surface area (Å²) in [4.78, 5) is 11.7. The molecule has 0 aliphatic heterocycles. The van der Waals surface area contributed by atoms with Crippen molar-refractivity contribution in [2.75, 3.05) is 13.2 Å². The first-order valence-corrected chi connectivity index (χ1v) is 7.03. The van der Waals surface area contributed by atoms with Crippen molar-refractivity contribution in [1.82, 2.24) is 15.5 Å². The van der Waals surface area contributed by atoms with E-state index in [9.17, 15) is 4.79 Å². The second kappa shape index (κ2) is 6.92. The van der Waals surface area contributed by atoms with Gasteiger partial charge < -0.3 is 10.1 Å². The van der Waals surface area contributed by atoms with Crippen LogP contribution < -0.4 is 10.1 Å². The van der Waals surface area contributed by atoms with Crippen molar-refractivity contribution in [3.05, 3.63) is 46.8 Å². The van der Waals surface area contributed by atoms with E-state index < -0.39 is 0 Å². The van der Waals surface area contributed by atoms with Gasteiger partial charge in [0.05, 0.1) is 5.69 Å². The highest BCUT2D eigenvalue weighted by Crippen LogP contribution is 2.12. The fourth-order valence-corrected chi connectivity index (χ4v) is 2.17. The molecule has 0 unspecified atom stereocenters. The predicted octanol–water partition coefficient (Wildman–Crippen LogP) is 2.07. The van der Waals surface area contributed by atoms with Gasteiger partial charge in [0.2, 0.25) is 0 Å². The molecule has 2 aromatic rings. The highest BCUT2D eigenvalue weighted by Gasteiger charge is 2.07. The van der Waals surface area contributed by atoms with Crippen LogP contribution in [-0.2, 0) is 11.2 Å². The third-order valence-corrected chi connectivity index (χ3v) is 3.34. The Labute approximate surface area is 124 Å². The van der Waals surface area contributed by atoms with E-state index in [1.54, 1.807) is 0 Å². The lowest BCUT2D eigenvalue weighted by Crippen LogP contribution is -2.30. The monoisotopic (exact) mass is 287 g/mol. The van der Waals surface area contributed by atoms with E-state index in [1.165, 1.54) is 0 Å². The molecule has 1 heterocycles. The molecule has 112 valence electrons. The first-order valence-electron chi connectivity index (χ1n) is 7.03. The van der Waals surface area contributed by atoms with E-state index >= 15 is 0 Å². The Balaban J connectivity index is 1.73. The number of carbonyl (C=O) groups is 1. The molecule has 1 aromatic carbocycles. The summed E-state index contributed by atoms with van der Waals surface area (Å²) in [6, 6.07) is 7.65. The highest BCUT2D eigenvalue weighted by atomic mass is 16.5. The molecule has 0 aliphatic carbocycles. The lowest BCUT2D eigenvalue weighted by molar-refractivity contribution is -0.123. The largest absolute Gasteiger partial charge is 0.484 e. The second-order valence-electron chi connectivity index (χ2n) is 5.12. The molecule has 0 saturated carbocycles. The normalized spacial score (nSPS) is 10.4. The quantitative estimate of drug-likeness (QED) is 0.854. The SMILES string of the molecule is Cc1cccc(OCC(=O)NCCc2c(C)n[nH]c2C)c1. The van der Waals surface area contributed by atoms with Crippen LogP contribution in [0.1, 0.15) is 22.5 Å². The third-order valence-electron chi connectivity index (χ3n) is 3.34. The van der Waals surface area contributed by atoms with Gasteiger partial charge in [-0.05, 0) is 50.5 Å². The van der Waals surface area contributed by atoms with Gasteiger partial charge in [-0.3, -0.25) is 9.89 Å². The summed E-state index contributed by atoms with van der Waals surface area (Å²) in [5.74, 6) is 0.599. The van der Waals surface area contributed by atoms with Gasteiger partial charge in [-0.25, -0.2) is 0 Å². The molecule has 21 heavy (non-hydrogen) atoms. The topological polar surface area (TPSA) is 67.0 Å². The molecule has 0 aliphatic rings. The van der Waals surface area contributed by atoms with Gasteiger partial charge in [-0.1, -0.05) is 12.1 Å². The molecule has 0 radical (unpaired) electrons. The van der Waals surface area contributed by atoms with Gasteiger partial charge in [0.15, 0.2) is 6.61 Å². The van der Waals surface area contributed by atoms with Crippen molar-refractivity contribution in [1.29, 1.82) is 0 Å². The zero-order valence-corrected chi connectivity index (χ0v) is 12.7. The molecule has 2 rings (SSSR count). The van der Waals surface area contributed by atoms with Crippen LogP contribution in [0.4, 0.5) is 0 Å². The van der Waals surface area contributed by atoms with Crippen LogP contribution in [0.2, 0.25) is 0 Å². The fraction of sp³-hybridized carbons (Fsp3) is 0.375. The number of benzene rings is 1. The zero-order chi connectivity index (χ0) is 15.2. The number of amides is 1. The standard InChI is InChI=1S/C16H21N3O2/c1-11-5-4-6-14(9-11)21-10-16(20)17-8-7-15-12(2)18-19-13(15)3/h4-6,9H,7-8,10H2,1-3H3,(H,17,20)(H,18,19). The Morgan fingerprint density at radius 3 is 2.81 bits per heavy atom. The maximum Gasteiger partial charge on any atom is 0.257 e. The van der Waals surface area contributed by atoms with Crippen molar-refractivity contribution in [2.24, 2.45) is 0 Å². The van der Waals surface area contributed by atoms with Crippen LogP contribution in [0.25, 0.3) is 0 Å². The molecule has 1 amide bonds. The molecule has 1 aromatic heterocycles. The molecular weight excluding hydrogens is 266 g/mol. The first kappa shape index (κ1) is 15.1. The molecule has 0 bridgehead atoms. The number of ether oxygens (including phenoxy) is 1. The minimum atomic E-state index is -0.115. The summed E-state index contributed by atoms with van der Waals surface area (Å²) >= 11 is 0. The van der Waals surface area contributed by atoms with Crippen molar-refractivity contribution < 1.29 is 9.53 Å². The number of aryl methyl sites for hydroxylation is 3. The number of aromatic nitrogens is 2. The van der Waals surface area contributed by atoms with Gasteiger partial charge in [0.1, 0.15) is 5.75 Å². The van der Waals surface area contributed by atoms with E-state index in [0.717, 1.165) is 28.9 Å². The van der Waals surface area contributed by atoms with Crippen molar-refractivity contribution >= 4 is 5.91 Å². The van der Waals surface area contributed by atoms with Crippen LogP contribution in [0, 0.1) is 20.8 Å². The minimum Gasteiger partial charge on any atom is -0.484 e. The van der Waals surface area contributed by atoms with Crippen LogP contribution in [0.3, 0.4) is 0 Å². The molecule has 5 nitrogen and oxygen atoms in total. The Bertz CT molecular complexity index is 600.